The molecule has 0 aliphatic carbocycles. The summed E-state index contributed by atoms with van der Waals surface area (Å²) in [6.45, 7) is 6.54. The third kappa shape index (κ3) is 3.48. The largest absolute Gasteiger partial charge is 0.313 e. The fourth-order valence-corrected chi connectivity index (χ4v) is 3.04. The monoisotopic (exact) mass is 301 g/mol. The van der Waals surface area contributed by atoms with Crippen molar-refractivity contribution in [3.8, 4) is 11.1 Å². The summed E-state index contributed by atoms with van der Waals surface area (Å²) in [5.74, 6) is 0. The van der Waals surface area contributed by atoms with Gasteiger partial charge in [-0.3, -0.25) is 0 Å². The summed E-state index contributed by atoms with van der Waals surface area (Å²) >= 11 is 6.45. The first-order chi connectivity index (χ1) is 10.1. The molecule has 0 aliphatic rings. The highest BCUT2D eigenvalue weighted by Gasteiger charge is 2.10. The minimum atomic E-state index is 0.264. The van der Waals surface area contributed by atoms with E-state index in [1.54, 1.807) is 0 Å². The van der Waals surface area contributed by atoms with Crippen LogP contribution in [0.15, 0.2) is 36.4 Å². The lowest BCUT2D eigenvalue weighted by Gasteiger charge is -2.14. The molecule has 0 spiro atoms. The molecule has 21 heavy (non-hydrogen) atoms. The number of halogens is 1. The quantitative estimate of drug-likeness (QED) is 0.778. The van der Waals surface area contributed by atoms with Gasteiger partial charge in [0.05, 0.1) is 0 Å². The van der Waals surface area contributed by atoms with Crippen molar-refractivity contribution in [1.29, 1.82) is 0 Å². The van der Waals surface area contributed by atoms with Gasteiger partial charge in [0.2, 0.25) is 0 Å². The second-order valence-corrected chi connectivity index (χ2v) is 5.84. The lowest BCUT2D eigenvalue weighted by molar-refractivity contribution is 0.652. The zero-order valence-corrected chi connectivity index (χ0v) is 14.1. The second-order valence-electron chi connectivity index (χ2n) is 5.44. The maximum atomic E-state index is 6.45. The summed E-state index contributed by atoms with van der Waals surface area (Å²) in [6.07, 6.45) is 2.16. The minimum absolute atomic E-state index is 0.264. The van der Waals surface area contributed by atoms with E-state index < -0.39 is 0 Å². The fraction of sp³-hybridized carbons (Fsp3) is 0.368. The van der Waals surface area contributed by atoms with Crippen molar-refractivity contribution in [2.24, 2.45) is 0 Å². The van der Waals surface area contributed by atoms with E-state index >= 15 is 0 Å². The van der Waals surface area contributed by atoms with Crippen molar-refractivity contribution in [2.45, 2.75) is 39.7 Å². The van der Waals surface area contributed by atoms with Gasteiger partial charge >= 0.3 is 0 Å². The molecule has 1 unspecified atom stereocenters. The van der Waals surface area contributed by atoms with Crippen LogP contribution in [0.2, 0.25) is 5.02 Å². The summed E-state index contributed by atoms with van der Waals surface area (Å²) < 4.78 is 0. The molecule has 0 radical (unpaired) electrons. The normalized spacial score (nSPS) is 12.4. The molecule has 0 aromatic heterocycles. The molecule has 2 heteroatoms. The molecule has 2 aromatic rings. The van der Waals surface area contributed by atoms with E-state index in [2.05, 4.69) is 62.5 Å². The van der Waals surface area contributed by atoms with Crippen LogP contribution in [-0.4, -0.2) is 7.05 Å². The van der Waals surface area contributed by atoms with Crippen LogP contribution < -0.4 is 5.32 Å². The van der Waals surface area contributed by atoms with Crippen molar-refractivity contribution in [3.05, 3.63) is 58.1 Å². The molecule has 2 aromatic carbocycles. The smallest absolute Gasteiger partial charge is 0.0459 e. The van der Waals surface area contributed by atoms with E-state index in [1.807, 2.05) is 7.05 Å². The van der Waals surface area contributed by atoms with Gasteiger partial charge in [0.15, 0.2) is 0 Å². The average Bonchev–Trinajstić information content (AvgIpc) is 2.53. The van der Waals surface area contributed by atoms with Gasteiger partial charge in [-0.05, 0) is 60.7 Å². The first-order valence-electron chi connectivity index (χ1n) is 7.69. The molecule has 0 heterocycles. The van der Waals surface area contributed by atoms with Gasteiger partial charge < -0.3 is 5.32 Å². The number of hydrogen-bond acceptors (Lipinski definition) is 1. The Kier molecular flexibility index (Phi) is 5.44. The van der Waals surface area contributed by atoms with Gasteiger partial charge in [0.25, 0.3) is 0 Å². The Balaban J connectivity index is 2.41. The lowest BCUT2D eigenvalue weighted by atomic mass is 9.95. The summed E-state index contributed by atoms with van der Waals surface area (Å²) in [5, 5.41) is 4.06. The van der Waals surface area contributed by atoms with E-state index in [4.69, 9.17) is 11.6 Å². The molecule has 0 aliphatic heterocycles. The highest BCUT2D eigenvalue weighted by atomic mass is 35.5. The molecule has 0 amide bonds. The Morgan fingerprint density at radius 1 is 0.952 bits per heavy atom. The summed E-state index contributed by atoms with van der Waals surface area (Å²) in [4.78, 5) is 0. The van der Waals surface area contributed by atoms with Gasteiger partial charge in [-0.15, -0.1) is 0 Å². The Hall–Kier alpha value is -1.31. The van der Waals surface area contributed by atoms with Crippen LogP contribution in [0.3, 0.4) is 0 Å². The Labute approximate surface area is 133 Å². The third-order valence-corrected chi connectivity index (χ3v) is 4.53. The molecule has 112 valence electrons. The maximum Gasteiger partial charge on any atom is 0.0459 e. The standard InChI is InChI=1S/C19H24ClN/c1-5-14-7-8-16(11-15(14)6-2)17-9-10-18(13(3)21-4)19(20)12-17/h7-13,21H,5-6H2,1-4H3. The molecule has 1 atom stereocenters. The van der Waals surface area contributed by atoms with Gasteiger partial charge in [0, 0.05) is 11.1 Å². The predicted octanol–water partition coefficient (Wildman–Crippen LogP) is 5.41. The molecule has 0 bridgehead atoms. The van der Waals surface area contributed by atoms with Crippen LogP contribution in [0, 0.1) is 0 Å². The molecule has 0 saturated heterocycles. The van der Waals surface area contributed by atoms with Crippen molar-refractivity contribution in [1.82, 2.24) is 5.32 Å². The number of hydrogen-bond donors (Lipinski definition) is 1. The topological polar surface area (TPSA) is 12.0 Å². The maximum absolute atomic E-state index is 6.45. The van der Waals surface area contributed by atoms with Crippen LogP contribution in [-0.2, 0) is 12.8 Å². The summed E-state index contributed by atoms with van der Waals surface area (Å²) in [5.41, 5.74) is 6.44. The molecule has 0 saturated carbocycles. The predicted molar refractivity (Wildman–Crippen MR) is 93.1 cm³/mol. The second kappa shape index (κ2) is 7.11. The van der Waals surface area contributed by atoms with E-state index in [1.165, 1.54) is 22.3 Å². The number of nitrogens with one attached hydrogen (secondary N) is 1. The van der Waals surface area contributed by atoms with Gasteiger partial charge in [0.1, 0.15) is 0 Å². The number of aryl methyl sites for hydroxylation is 2. The average molecular weight is 302 g/mol. The van der Waals surface area contributed by atoms with Gasteiger partial charge in [-0.25, -0.2) is 0 Å². The Morgan fingerprint density at radius 2 is 1.57 bits per heavy atom. The van der Waals surface area contributed by atoms with E-state index in [0.29, 0.717) is 0 Å². The van der Waals surface area contributed by atoms with Gasteiger partial charge in [-0.1, -0.05) is 55.8 Å². The highest BCUT2D eigenvalue weighted by Crippen LogP contribution is 2.30. The first-order valence-corrected chi connectivity index (χ1v) is 8.07. The van der Waals surface area contributed by atoms with E-state index in [0.717, 1.165) is 23.4 Å². The molecule has 1 N–H and O–H groups in total. The Bertz CT molecular complexity index is 619. The molecule has 1 nitrogen and oxygen atoms in total. The van der Waals surface area contributed by atoms with Crippen molar-refractivity contribution in [2.75, 3.05) is 7.05 Å². The SMILES string of the molecule is CCc1ccc(-c2ccc(C(C)NC)c(Cl)c2)cc1CC. The van der Waals surface area contributed by atoms with Crippen LogP contribution >= 0.6 is 11.6 Å². The number of rotatable bonds is 5. The van der Waals surface area contributed by atoms with Crippen LogP contribution in [0.1, 0.15) is 43.5 Å². The molecular weight excluding hydrogens is 278 g/mol. The number of benzene rings is 2. The first kappa shape index (κ1) is 16.1. The molecule has 0 fully saturated rings. The molecule has 2 rings (SSSR count). The third-order valence-electron chi connectivity index (χ3n) is 4.20. The van der Waals surface area contributed by atoms with Crippen LogP contribution in [0.5, 0.6) is 0 Å². The van der Waals surface area contributed by atoms with Crippen LogP contribution in [0.25, 0.3) is 11.1 Å². The van der Waals surface area contributed by atoms with Crippen molar-refractivity contribution >= 4 is 11.6 Å². The van der Waals surface area contributed by atoms with Crippen molar-refractivity contribution < 1.29 is 0 Å². The molecular formula is C19H24ClN. The van der Waals surface area contributed by atoms with E-state index in [-0.39, 0.29) is 6.04 Å². The fourth-order valence-electron chi connectivity index (χ4n) is 2.69. The zero-order chi connectivity index (χ0) is 15.4. The Morgan fingerprint density at radius 3 is 2.14 bits per heavy atom. The van der Waals surface area contributed by atoms with Crippen molar-refractivity contribution in [3.63, 3.8) is 0 Å². The highest BCUT2D eigenvalue weighted by molar-refractivity contribution is 6.31. The lowest BCUT2D eigenvalue weighted by Crippen LogP contribution is -2.12. The van der Waals surface area contributed by atoms with Crippen LogP contribution in [0.4, 0.5) is 0 Å². The summed E-state index contributed by atoms with van der Waals surface area (Å²) in [6, 6.07) is 13.4. The van der Waals surface area contributed by atoms with E-state index in [9.17, 15) is 0 Å². The minimum Gasteiger partial charge on any atom is -0.313 e. The van der Waals surface area contributed by atoms with Gasteiger partial charge in [-0.2, -0.15) is 0 Å². The zero-order valence-electron chi connectivity index (χ0n) is 13.3. The summed E-state index contributed by atoms with van der Waals surface area (Å²) in [7, 11) is 1.95.